The molecule has 1 atom stereocenters. The number of amides is 1. The summed E-state index contributed by atoms with van der Waals surface area (Å²) in [6, 6.07) is 3.87. The van der Waals surface area contributed by atoms with Crippen LogP contribution in [0.15, 0.2) is 12.1 Å². The topological polar surface area (TPSA) is 54.0 Å². The monoisotopic (exact) mass is 309 g/mol. The summed E-state index contributed by atoms with van der Waals surface area (Å²) in [7, 11) is 1.82. The Morgan fingerprint density at radius 2 is 2.05 bits per heavy atom. The average molecular weight is 309 g/mol. The van der Waals surface area contributed by atoms with E-state index in [0.29, 0.717) is 11.5 Å². The number of carbonyl (C=O) groups is 1. The normalized spacial score (nSPS) is 12.3. The molecule has 4 nitrogen and oxygen atoms in total. The predicted octanol–water partition coefficient (Wildman–Crippen LogP) is 3.51. The number of pyridine rings is 1. The second kappa shape index (κ2) is 8.93. The number of nitrogens with one attached hydrogen (secondary N) is 2. The average Bonchev–Trinajstić information content (AvgIpc) is 2.46. The standard InChI is InChI=1S/C16H27N3OS/c1-6-21-8-7-12(4)18-16(20)13-9-14(11(2)3)19-15(10-13)17-5/h9-12H,6-8H2,1-5H3,(H,17,19)(H,18,20). The fourth-order valence-electron chi connectivity index (χ4n) is 1.89. The lowest BCUT2D eigenvalue weighted by Gasteiger charge is -2.15. The highest BCUT2D eigenvalue weighted by atomic mass is 32.2. The van der Waals surface area contributed by atoms with Gasteiger partial charge < -0.3 is 10.6 Å². The highest BCUT2D eigenvalue weighted by Crippen LogP contribution is 2.17. The van der Waals surface area contributed by atoms with Gasteiger partial charge in [-0.05, 0) is 42.9 Å². The first kappa shape index (κ1) is 17.8. The van der Waals surface area contributed by atoms with Crippen molar-refractivity contribution in [2.24, 2.45) is 0 Å². The molecule has 0 aliphatic heterocycles. The first-order valence-corrected chi connectivity index (χ1v) is 8.71. The van der Waals surface area contributed by atoms with Crippen molar-refractivity contribution in [1.82, 2.24) is 10.3 Å². The van der Waals surface area contributed by atoms with E-state index in [2.05, 4.69) is 43.3 Å². The molecular weight excluding hydrogens is 282 g/mol. The Kier molecular flexibility index (Phi) is 7.57. The van der Waals surface area contributed by atoms with Gasteiger partial charge in [-0.15, -0.1) is 0 Å². The number of aromatic nitrogens is 1. The summed E-state index contributed by atoms with van der Waals surface area (Å²) >= 11 is 1.90. The first-order chi connectivity index (χ1) is 9.97. The van der Waals surface area contributed by atoms with E-state index in [1.807, 2.05) is 24.9 Å². The first-order valence-electron chi connectivity index (χ1n) is 7.56. The second-order valence-corrected chi connectivity index (χ2v) is 6.82. The Labute approximate surface area is 132 Å². The number of anilines is 1. The van der Waals surface area contributed by atoms with Crippen molar-refractivity contribution in [3.63, 3.8) is 0 Å². The van der Waals surface area contributed by atoms with Gasteiger partial charge >= 0.3 is 0 Å². The quantitative estimate of drug-likeness (QED) is 0.722. The summed E-state index contributed by atoms with van der Waals surface area (Å²) in [5.74, 6) is 3.20. The minimum atomic E-state index is -0.0233. The number of thioether (sulfide) groups is 1. The number of nitrogens with zero attached hydrogens (tertiary/aromatic N) is 1. The number of hydrogen-bond acceptors (Lipinski definition) is 4. The molecule has 0 aromatic carbocycles. The van der Waals surface area contributed by atoms with Crippen LogP contribution in [0.25, 0.3) is 0 Å². The summed E-state index contributed by atoms with van der Waals surface area (Å²) in [4.78, 5) is 16.8. The maximum absolute atomic E-state index is 12.4. The van der Waals surface area contributed by atoms with Gasteiger partial charge in [-0.3, -0.25) is 4.79 Å². The van der Waals surface area contributed by atoms with Crippen LogP contribution in [0.5, 0.6) is 0 Å². The van der Waals surface area contributed by atoms with Gasteiger partial charge in [-0.1, -0.05) is 20.8 Å². The highest BCUT2D eigenvalue weighted by molar-refractivity contribution is 7.99. The maximum Gasteiger partial charge on any atom is 0.251 e. The fraction of sp³-hybridized carbons (Fsp3) is 0.625. The molecule has 1 aromatic heterocycles. The van der Waals surface area contributed by atoms with Crippen LogP contribution in [-0.4, -0.2) is 35.5 Å². The van der Waals surface area contributed by atoms with Crippen LogP contribution in [-0.2, 0) is 0 Å². The molecular formula is C16H27N3OS. The molecule has 0 spiro atoms. The van der Waals surface area contributed by atoms with Crippen LogP contribution in [0.2, 0.25) is 0 Å². The third kappa shape index (κ3) is 5.96. The molecule has 1 rings (SSSR count). The molecule has 0 aliphatic carbocycles. The fourth-order valence-corrected chi connectivity index (χ4v) is 2.70. The van der Waals surface area contributed by atoms with E-state index in [-0.39, 0.29) is 11.9 Å². The molecule has 2 N–H and O–H groups in total. The molecule has 21 heavy (non-hydrogen) atoms. The summed E-state index contributed by atoms with van der Waals surface area (Å²) in [6.07, 6.45) is 0.991. The predicted molar refractivity (Wildman–Crippen MR) is 92.4 cm³/mol. The van der Waals surface area contributed by atoms with Crippen LogP contribution in [0.3, 0.4) is 0 Å². The molecule has 1 aromatic rings. The largest absolute Gasteiger partial charge is 0.373 e. The van der Waals surface area contributed by atoms with E-state index < -0.39 is 0 Å². The third-order valence-corrected chi connectivity index (χ3v) is 4.16. The molecule has 0 radical (unpaired) electrons. The van der Waals surface area contributed by atoms with Crippen molar-refractivity contribution in [2.75, 3.05) is 23.9 Å². The van der Waals surface area contributed by atoms with E-state index >= 15 is 0 Å². The van der Waals surface area contributed by atoms with Crippen molar-refractivity contribution in [2.45, 2.75) is 46.1 Å². The van der Waals surface area contributed by atoms with Gasteiger partial charge in [0.25, 0.3) is 5.91 Å². The Morgan fingerprint density at radius 3 is 2.62 bits per heavy atom. The van der Waals surface area contributed by atoms with Gasteiger partial charge in [-0.2, -0.15) is 11.8 Å². The SMILES string of the molecule is CCSCCC(C)NC(=O)c1cc(NC)nc(C(C)C)c1. The van der Waals surface area contributed by atoms with Crippen molar-refractivity contribution >= 4 is 23.5 Å². The Balaban J connectivity index is 2.74. The van der Waals surface area contributed by atoms with Crippen LogP contribution >= 0.6 is 11.8 Å². The smallest absolute Gasteiger partial charge is 0.251 e. The third-order valence-electron chi connectivity index (χ3n) is 3.23. The van der Waals surface area contributed by atoms with Gasteiger partial charge in [0.15, 0.2) is 0 Å². The van der Waals surface area contributed by atoms with Crippen LogP contribution in [0, 0.1) is 0 Å². The molecule has 0 aliphatic rings. The molecule has 1 heterocycles. The minimum absolute atomic E-state index is 0.0233. The molecule has 0 saturated carbocycles. The Bertz CT molecular complexity index is 463. The number of hydrogen-bond donors (Lipinski definition) is 2. The van der Waals surface area contributed by atoms with Crippen LogP contribution in [0.4, 0.5) is 5.82 Å². The van der Waals surface area contributed by atoms with Crippen molar-refractivity contribution in [3.8, 4) is 0 Å². The maximum atomic E-state index is 12.4. The van der Waals surface area contributed by atoms with Crippen LogP contribution in [0.1, 0.15) is 56.1 Å². The minimum Gasteiger partial charge on any atom is -0.373 e. The lowest BCUT2D eigenvalue weighted by atomic mass is 10.1. The van der Waals surface area contributed by atoms with Gasteiger partial charge in [-0.25, -0.2) is 4.98 Å². The second-order valence-electron chi connectivity index (χ2n) is 5.43. The van der Waals surface area contributed by atoms with Gasteiger partial charge in [0.2, 0.25) is 0 Å². The van der Waals surface area contributed by atoms with Crippen molar-refractivity contribution in [3.05, 3.63) is 23.4 Å². The molecule has 5 heteroatoms. The highest BCUT2D eigenvalue weighted by Gasteiger charge is 2.13. The van der Waals surface area contributed by atoms with Crippen molar-refractivity contribution < 1.29 is 4.79 Å². The van der Waals surface area contributed by atoms with Crippen molar-refractivity contribution in [1.29, 1.82) is 0 Å². The molecule has 0 saturated heterocycles. The molecule has 118 valence electrons. The molecule has 0 bridgehead atoms. The summed E-state index contributed by atoms with van der Waals surface area (Å²) in [5, 5.41) is 6.08. The lowest BCUT2D eigenvalue weighted by molar-refractivity contribution is 0.0939. The number of carbonyl (C=O) groups excluding carboxylic acids is 1. The van der Waals surface area contributed by atoms with E-state index in [9.17, 15) is 4.79 Å². The Hall–Kier alpha value is -1.23. The zero-order valence-electron chi connectivity index (χ0n) is 13.7. The molecule has 1 unspecified atom stereocenters. The van der Waals surface area contributed by atoms with E-state index in [4.69, 9.17) is 0 Å². The zero-order chi connectivity index (χ0) is 15.8. The van der Waals surface area contributed by atoms with Gasteiger partial charge in [0, 0.05) is 24.3 Å². The lowest BCUT2D eigenvalue weighted by Crippen LogP contribution is -2.33. The molecule has 0 fully saturated rings. The van der Waals surface area contributed by atoms with E-state index in [1.165, 1.54) is 0 Å². The summed E-state index contributed by atoms with van der Waals surface area (Å²) in [6.45, 7) is 8.36. The summed E-state index contributed by atoms with van der Waals surface area (Å²) < 4.78 is 0. The van der Waals surface area contributed by atoms with Gasteiger partial charge in [0.05, 0.1) is 0 Å². The van der Waals surface area contributed by atoms with E-state index in [0.717, 1.165) is 29.4 Å². The summed E-state index contributed by atoms with van der Waals surface area (Å²) in [5.41, 5.74) is 1.61. The van der Waals surface area contributed by atoms with Crippen LogP contribution < -0.4 is 10.6 Å². The zero-order valence-corrected chi connectivity index (χ0v) is 14.5. The molecule has 1 amide bonds. The van der Waals surface area contributed by atoms with Gasteiger partial charge in [0.1, 0.15) is 5.82 Å². The number of rotatable bonds is 8. The Morgan fingerprint density at radius 1 is 1.33 bits per heavy atom. The van der Waals surface area contributed by atoms with E-state index in [1.54, 1.807) is 6.07 Å².